The van der Waals surface area contributed by atoms with Crippen LogP contribution in [0, 0.1) is 0 Å². The van der Waals surface area contributed by atoms with Crippen molar-refractivity contribution in [1.29, 1.82) is 0 Å². The SMILES string of the molecule is CC/C=C\C/C=C\C/C=C\C/C=C\C/C=C\C/C=C\CCCCCCCCCCCCCCCCCCC(=O)OC(COC(=O)CCCCCCCCCCCCCCCCCCCCCCCCCCCCCCCCCCC)COP(=O)(O)OCCN. The normalized spacial score (nSPS) is 13.3. The molecule has 0 aromatic heterocycles. The van der Waals surface area contributed by atoms with Crippen LogP contribution in [0.5, 0.6) is 0 Å². The molecular formula is C79H146NO8P. The molecule has 0 aromatic carbocycles. The number of ether oxygens (including phenoxy) is 2. The molecule has 520 valence electrons. The first-order valence-electron chi connectivity index (χ1n) is 38.4. The Hall–Kier alpha value is -2.55. The second kappa shape index (κ2) is 74.5. The maximum Gasteiger partial charge on any atom is 0.472 e. The highest BCUT2D eigenvalue weighted by Crippen LogP contribution is 2.43. The molecule has 2 unspecified atom stereocenters. The second-order valence-electron chi connectivity index (χ2n) is 25.9. The summed E-state index contributed by atoms with van der Waals surface area (Å²) in [7, 11) is -4.40. The van der Waals surface area contributed by atoms with Crippen LogP contribution in [0.2, 0.25) is 0 Å². The van der Waals surface area contributed by atoms with Gasteiger partial charge in [0.1, 0.15) is 6.61 Å². The van der Waals surface area contributed by atoms with Gasteiger partial charge in [-0.2, -0.15) is 0 Å². The Kier molecular flexibility index (Phi) is 72.4. The Balaban J connectivity index is 3.80. The van der Waals surface area contributed by atoms with Gasteiger partial charge in [-0.3, -0.25) is 18.6 Å². The van der Waals surface area contributed by atoms with Crippen molar-refractivity contribution in [1.82, 2.24) is 0 Å². The number of nitrogens with two attached hydrogens (primary N) is 1. The molecule has 0 fully saturated rings. The first kappa shape index (κ1) is 86.5. The lowest BCUT2D eigenvalue weighted by molar-refractivity contribution is -0.161. The molecule has 0 heterocycles. The summed E-state index contributed by atoms with van der Waals surface area (Å²) in [5.74, 6) is -0.808. The summed E-state index contributed by atoms with van der Waals surface area (Å²) in [5.41, 5.74) is 5.41. The molecule has 3 N–H and O–H groups in total. The highest BCUT2D eigenvalue weighted by atomic mass is 31.2. The molecule has 0 saturated heterocycles. The minimum absolute atomic E-state index is 0.0540. The summed E-state index contributed by atoms with van der Waals surface area (Å²) in [6.45, 7) is 3.70. The zero-order chi connectivity index (χ0) is 64.4. The van der Waals surface area contributed by atoms with Gasteiger partial charge in [0.25, 0.3) is 0 Å². The molecule has 0 aromatic rings. The lowest BCUT2D eigenvalue weighted by Gasteiger charge is -2.19. The highest BCUT2D eigenvalue weighted by Gasteiger charge is 2.26. The zero-order valence-electron chi connectivity index (χ0n) is 58.7. The van der Waals surface area contributed by atoms with Crippen LogP contribution in [-0.4, -0.2) is 49.3 Å². The van der Waals surface area contributed by atoms with Crippen LogP contribution in [-0.2, 0) is 32.7 Å². The summed E-state index contributed by atoms with van der Waals surface area (Å²) in [6.07, 6.45) is 98.9. The molecule has 0 amide bonds. The molecule has 0 aliphatic heterocycles. The Bertz CT molecular complexity index is 1690. The van der Waals surface area contributed by atoms with E-state index in [2.05, 4.69) is 86.8 Å². The molecule has 0 aliphatic rings. The molecular weight excluding hydrogens is 1120 g/mol. The van der Waals surface area contributed by atoms with E-state index in [1.807, 2.05) is 0 Å². The number of carbonyl (C=O) groups excluding carboxylic acids is 2. The molecule has 2 atom stereocenters. The van der Waals surface area contributed by atoms with Crippen LogP contribution in [0.25, 0.3) is 0 Å². The highest BCUT2D eigenvalue weighted by molar-refractivity contribution is 7.47. The van der Waals surface area contributed by atoms with Crippen LogP contribution >= 0.6 is 7.82 Å². The van der Waals surface area contributed by atoms with Gasteiger partial charge in [-0.15, -0.1) is 0 Å². The van der Waals surface area contributed by atoms with E-state index >= 15 is 0 Å². The Labute approximate surface area is 552 Å². The number of allylic oxidation sites excluding steroid dienone is 12. The van der Waals surface area contributed by atoms with Crippen LogP contribution in [0.15, 0.2) is 72.9 Å². The third kappa shape index (κ3) is 74.4. The molecule has 0 rings (SSSR count). The lowest BCUT2D eigenvalue weighted by Crippen LogP contribution is -2.29. The van der Waals surface area contributed by atoms with E-state index in [4.69, 9.17) is 24.3 Å². The maximum absolute atomic E-state index is 12.8. The summed E-state index contributed by atoms with van der Waals surface area (Å²) < 4.78 is 33.3. The average molecular weight is 1270 g/mol. The first-order valence-corrected chi connectivity index (χ1v) is 39.9. The van der Waals surface area contributed by atoms with Crippen LogP contribution in [0.4, 0.5) is 0 Å². The van der Waals surface area contributed by atoms with Crippen molar-refractivity contribution < 1.29 is 37.6 Å². The first-order chi connectivity index (χ1) is 43.8. The van der Waals surface area contributed by atoms with Gasteiger partial charge in [-0.1, -0.05) is 382 Å². The standard InChI is InChI=1S/C79H146NO8P/c1-3-5-7-9-11-13-15-17-19-21-23-25-27-29-31-33-35-37-38-40-42-44-46-48-50-52-54-56-58-60-62-64-66-68-70-72-79(82)88-77(76-87-89(83,84)86-74-73-80)75-85-78(81)71-69-67-65-63-61-59-57-55-53-51-49-47-45-43-41-39-36-34-32-30-28-26-24-22-20-18-16-14-12-10-8-6-4-2/h5,7,11,13,17,19,23,25,29,31,35,37,77H,3-4,6,8-10,12,14-16,18,20-22,24,26-28,30,32-34,36,38-76,80H2,1-2H3,(H,83,84)/b7-5-,13-11-,19-17-,25-23-,31-29-,37-35-. The van der Waals surface area contributed by atoms with Crippen LogP contribution < -0.4 is 5.73 Å². The monoisotopic (exact) mass is 1270 g/mol. The van der Waals surface area contributed by atoms with Crippen molar-refractivity contribution >= 4 is 19.8 Å². The number of esters is 2. The third-order valence-corrected chi connectivity index (χ3v) is 18.1. The molecule has 10 heteroatoms. The Morgan fingerprint density at radius 2 is 0.618 bits per heavy atom. The Morgan fingerprint density at radius 1 is 0.348 bits per heavy atom. The van der Waals surface area contributed by atoms with Crippen molar-refractivity contribution in [2.24, 2.45) is 5.73 Å². The van der Waals surface area contributed by atoms with Crippen molar-refractivity contribution in [3.8, 4) is 0 Å². The summed E-state index contributed by atoms with van der Waals surface area (Å²) >= 11 is 0. The molecule has 0 saturated carbocycles. The molecule has 0 spiro atoms. The number of hydrogen-bond donors (Lipinski definition) is 2. The van der Waals surface area contributed by atoms with Gasteiger partial charge in [0.15, 0.2) is 6.10 Å². The van der Waals surface area contributed by atoms with Crippen LogP contribution in [0.1, 0.15) is 386 Å². The number of carbonyl (C=O) groups is 2. The Morgan fingerprint density at radius 3 is 0.921 bits per heavy atom. The number of unbranched alkanes of at least 4 members (excludes halogenated alkanes) is 48. The lowest BCUT2D eigenvalue weighted by atomic mass is 10.0. The summed E-state index contributed by atoms with van der Waals surface area (Å²) in [6, 6.07) is 0. The van der Waals surface area contributed by atoms with Crippen LogP contribution in [0.3, 0.4) is 0 Å². The van der Waals surface area contributed by atoms with Gasteiger partial charge in [0, 0.05) is 19.4 Å². The minimum Gasteiger partial charge on any atom is -0.462 e. The van der Waals surface area contributed by atoms with Crippen molar-refractivity contribution in [3.63, 3.8) is 0 Å². The smallest absolute Gasteiger partial charge is 0.462 e. The van der Waals surface area contributed by atoms with E-state index in [-0.39, 0.29) is 38.6 Å². The fourth-order valence-corrected chi connectivity index (χ4v) is 12.2. The molecule has 0 radical (unpaired) electrons. The minimum atomic E-state index is -4.40. The predicted molar refractivity (Wildman–Crippen MR) is 386 cm³/mol. The van der Waals surface area contributed by atoms with Crippen molar-refractivity contribution in [2.45, 2.75) is 392 Å². The van der Waals surface area contributed by atoms with E-state index in [9.17, 15) is 19.0 Å². The third-order valence-electron chi connectivity index (χ3n) is 17.1. The topological polar surface area (TPSA) is 134 Å². The number of hydrogen-bond acceptors (Lipinski definition) is 8. The predicted octanol–water partition coefficient (Wildman–Crippen LogP) is 25.5. The number of phosphoric ester groups is 1. The van der Waals surface area contributed by atoms with E-state index in [1.165, 1.54) is 276 Å². The van der Waals surface area contributed by atoms with Crippen molar-refractivity contribution in [3.05, 3.63) is 72.9 Å². The second-order valence-corrected chi connectivity index (χ2v) is 27.3. The van der Waals surface area contributed by atoms with Gasteiger partial charge in [0.05, 0.1) is 13.2 Å². The summed E-state index contributed by atoms with van der Waals surface area (Å²) in [5, 5.41) is 0. The maximum atomic E-state index is 12.8. The number of phosphoric acid groups is 1. The summed E-state index contributed by atoms with van der Waals surface area (Å²) in [4.78, 5) is 35.4. The fourth-order valence-electron chi connectivity index (χ4n) is 11.5. The number of rotatable bonds is 73. The largest absolute Gasteiger partial charge is 0.472 e. The fraction of sp³-hybridized carbons (Fsp3) is 0.823. The van der Waals surface area contributed by atoms with Crippen molar-refractivity contribution in [2.75, 3.05) is 26.4 Å². The van der Waals surface area contributed by atoms with E-state index in [0.29, 0.717) is 6.42 Å². The quantitative estimate of drug-likeness (QED) is 0.0264. The van der Waals surface area contributed by atoms with Gasteiger partial charge >= 0.3 is 19.8 Å². The zero-order valence-corrected chi connectivity index (χ0v) is 59.6. The van der Waals surface area contributed by atoms with Gasteiger partial charge < -0.3 is 20.1 Å². The average Bonchev–Trinajstić information content (AvgIpc) is 3.66. The van der Waals surface area contributed by atoms with Gasteiger partial charge in [0.2, 0.25) is 0 Å². The molecule has 9 nitrogen and oxygen atoms in total. The van der Waals surface area contributed by atoms with E-state index < -0.39 is 26.5 Å². The van der Waals surface area contributed by atoms with E-state index in [1.54, 1.807) is 0 Å². The molecule has 0 aliphatic carbocycles. The van der Waals surface area contributed by atoms with Gasteiger partial charge in [-0.05, 0) is 64.2 Å². The van der Waals surface area contributed by atoms with Gasteiger partial charge in [-0.25, -0.2) is 4.57 Å². The van der Waals surface area contributed by atoms with E-state index in [0.717, 1.165) is 77.0 Å². The molecule has 89 heavy (non-hydrogen) atoms. The molecule has 0 bridgehead atoms.